The van der Waals surface area contributed by atoms with Gasteiger partial charge < -0.3 is 10.6 Å². The Kier molecular flexibility index (Phi) is 6.61. The lowest BCUT2D eigenvalue weighted by Gasteiger charge is -2.21. The van der Waals surface area contributed by atoms with E-state index in [0.29, 0.717) is 10.8 Å². The Morgan fingerprint density at radius 2 is 1.85 bits per heavy atom. The predicted octanol–water partition coefficient (Wildman–Crippen LogP) is 3.83. The zero-order valence-corrected chi connectivity index (χ0v) is 17.1. The molecule has 0 aliphatic carbocycles. The molecule has 1 atom stereocenters. The van der Waals surface area contributed by atoms with Gasteiger partial charge in [-0.25, -0.2) is 8.42 Å². The van der Waals surface area contributed by atoms with E-state index in [-0.39, 0.29) is 6.04 Å². The Bertz CT molecular complexity index is 865. The van der Waals surface area contributed by atoms with Crippen LogP contribution in [0.2, 0.25) is 0 Å². The van der Waals surface area contributed by atoms with Crippen LogP contribution in [0.5, 0.6) is 0 Å². The van der Waals surface area contributed by atoms with Crippen molar-refractivity contribution < 1.29 is 8.42 Å². The van der Waals surface area contributed by atoms with Crippen LogP contribution in [0.3, 0.4) is 0 Å². The lowest BCUT2D eigenvalue weighted by molar-refractivity contribution is 0.600. The van der Waals surface area contributed by atoms with Crippen molar-refractivity contribution in [1.29, 1.82) is 0 Å². The molecule has 0 aliphatic heterocycles. The van der Waals surface area contributed by atoms with Crippen molar-refractivity contribution >= 4 is 38.7 Å². The molecule has 0 spiro atoms. The van der Waals surface area contributed by atoms with Gasteiger partial charge in [-0.3, -0.25) is 4.31 Å². The molecule has 0 radical (unpaired) electrons. The Morgan fingerprint density at radius 3 is 2.42 bits per heavy atom. The summed E-state index contributed by atoms with van der Waals surface area (Å²) < 4.78 is 24.6. The van der Waals surface area contributed by atoms with Crippen molar-refractivity contribution in [3.05, 3.63) is 59.7 Å². The Morgan fingerprint density at radius 1 is 1.19 bits per heavy atom. The number of rotatable bonds is 6. The number of anilines is 2. The van der Waals surface area contributed by atoms with Gasteiger partial charge in [0.05, 0.1) is 18.0 Å². The first-order chi connectivity index (χ1) is 12.2. The predicted molar refractivity (Wildman–Crippen MR) is 113 cm³/mol. The largest absolute Gasteiger partial charge is 0.356 e. The van der Waals surface area contributed by atoms with Crippen LogP contribution in [0.1, 0.15) is 30.5 Å². The molecule has 2 aromatic carbocycles. The van der Waals surface area contributed by atoms with Gasteiger partial charge in [0.1, 0.15) is 0 Å². The summed E-state index contributed by atoms with van der Waals surface area (Å²) >= 11 is 5.43. The molecule has 0 heterocycles. The fourth-order valence-electron chi connectivity index (χ4n) is 2.52. The molecule has 0 aliphatic rings. The standard InChI is InChI=1S/C19H25N3O2S2/c1-5-18(15-11-9-14(2)10-12-15)21-19(25)20-16-7-6-8-17(13-16)22(3)26(4,23)24/h6-13,18H,5H2,1-4H3,(H2,20,21,25). The number of benzene rings is 2. The highest BCUT2D eigenvalue weighted by Gasteiger charge is 2.13. The lowest BCUT2D eigenvalue weighted by Crippen LogP contribution is -2.32. The number of thiocarbonyl (C=S) groups is 1. The summed E-state index contributed by atoms with van der Waals surface area (Å²) in [5, 5.41) is 6.95. The SMILES string of the molecule is CCC(NC(=S)Nc1cccc(N(C)S(C)(=O)=O)c1)c1ccc(C)cc1. The third kappa shape index (κ3) is 5.44. The van der Waals surface area contributed by atoms with Crippen LogP contribution in [0.15, 0.2) is 48.5 Å². The van der Waals surface area contributed by atoms with Gasteiger partial charge in [-0.1, -0.05) is 42.8 Å². The van der Waals surface area contributed by atoms with Gasteiger partial charge >= 0.3 is 0 Å². The molecule has 2 rings (SSSR count). The molecule has 140 valence electrons. The van der Waals surface area contributed by atoms with Crippen LogP contribution in [0, 0.1) is 6.92 Å². The number of aryl methyl sites for hydroxylation is 1. The molecular formula is C19H25N3O2S2. The highest BCUT2D eigenvalue weighted by molar-refractivity contribution is 7.92. The molecule has 0 saturated carbocycles. The second-order valence-corrected chi connectivity index (χ2v) is 8.67. The zero-order chi connectivity index (χ0) is 19.3. The first-order valence-corrected chi connectivity index (χ1v) is 10.6. The van der Waals surface area contributed by atoms with Gasteiger partial charge in [-0.15, -0.1) is 0 Å². The molecule has 0 amide bonds. The zero-order valence-electron chi connectivity index (χ0n) is 15.5. The smallest absolute Gasteiger partial charge is 0.231 e. The van der Waals surface area contributed by atoms with E-state index in [0.717, 1.165) is 12.1 Å². The number of sulfonamides is 1. The number of nitrogens with zero attached hydrogens (tertiary/aromatic N) is 1. The maximum absolute atomic E-state index is 11.7. The van der Waals surface area contributed by atoms with Crippen LogP contribution < -0.4 is 14.9 Å². The van der Waals surface area contributed by atoms with Crippen LogP contribution >= 0.6 is 12.2 Å². The molecule has 0 saturated heterocycles. The quantitative estimate of drug-likeness (QED) is 0.733. The highest BCUT2D eigenvalue weighted by atomic mass is 32.2. The fraction of sp³-hybridized carbons (Fsp3) is 0.316. The van der Waals surface area contributed by atoms with Gasteiger partial charge in [-0.2, -0.15) is 0 Å². The molecule has 1 unspecified atom stereocenters. The average Bonchev–Trinajstić information content (AvgIpc) is 2.59. The Hall–Kier alpha value is -2.12. The van der Waals surface area contributed by atoms with Crippen molar-refractivity contribution in [3.8, 4) is 0 Å². The minimum Gasteiger partial charge on any atom is -0.356 e. The van der Waals surface area contributed by atoms with E-state index < -0.39 is 10.0 Å². The normalized spacial score (nSPS) is 12.3. The first-order valence-electron chi connectivity index (χ1n) is 8.38. The molecule has 2 aromatic rings. The van der Waals surface area contributed by atoms with Gasteiger partial charge in [-0.05, 0) is 49.3 Å². The molecule has 0 fully saturated rings. The van der Waals surface area contributed by atoms with E-state index in [1.165, 1.54) is 28.7 Å². The van der Waals surface area contributed by atoms with Crippen LogP contribution in [-0.4, -0.2) is 26.8 Å². The van der Waals surface area contributed by atoms with Crippen molar-refractivity contribution in [3.63, 3.8) is 0 Å². The molecule has 7 heteroatoms. The first kappa shape index (κ1) is 20.2. The topological polar surface area (TPSA) is 61.4 Å². The lowest BCUT2D eigenvalue weighted by atomic mass is 10.0. The third-order valence-electron chi connectivity index (χ3n) is 4.16. The fourth-order valence-corrected chi connectivity index (χ4v) is 3.27. The van der Waals surface area contributed by atoms with Crippen molar-refractivity contribution in [1.82, 2.24) is 5.32 Å². The van der Waals surface area contributed by atoms with E-state index >= 15 is 0 Å². The van der Waals surface area contributed by atoms with Gasteiger partial charge in [0.2, 0.25) is 10.0 Å². The maximum Gasteiger partial charge on any atom is 0.231 e. The van der Waals surface area contributed by atoms with Crippen molar-refractivity contribution in [2.45, 2.75) is 26.3 Å². The van der Waals surface area contributed by atoms with Crippen molar-refractivity contribution in [2.24, 2.45) is 0 Å². The summed E-state index contributed by atoms with van der Waals surface area (Å²) in [6.07, 6.45) is 2.06. The summed E-state index contributed by atoms with van der Waals surface area (Å²) in [5.41, 5.74) is 3.70. The average molecular weight is 392 g/mol. The second kappa shape index (κ2) is 8.51. The van der Waals surface area contributed by atoms with E-state index in [1.807, 2.05) is 6.07 Å². The van der Waals surface area contributed by atoms with Gasteiger partial charge in [0.25, 0.3) is 0 Å². The minimum atomic E-state index is -3.31. The third-order valence-corrected chi connectivity index (χ3v) is 5.58. The summed E-state index contributed by atoms with van der Waals surface area (Å²) in [7, 11) is -1.78. The molecular weight excluding hydrogens is 366 g/mol. The summed E-state index contributed by atoms with van der Waals surface area (Å²) in [4.78, 5) is 0. The maximum atomic E-state index is 11.7. The molecule has 0 bridgehead atoms. The van der Waals surface area contributed by atoms with Gasteiger partial charge in [0.15, 0.2) is 5.11 Å². The van der Waals surface area contributed by atoms with E-state index in [9.17, 15) is 8.42 Å². The number of hydrogen-bond donors (Lipinski definition) is 2. The number of hydrogen-bond acceptors (Lipinski definition) is 3. The molecule has 5 nitrogen and oxygen atoms in total. The summed E-state index contributed by atoms with van der Waals surface area (Å²) in [5.74, 6) is 0. The van der Waals surface area contributed by atoms with E-state index in [1.54, 1.807) is 18.2 Å². The summed E-state index contributed by atoms with van der Waals surface area (Å²) in [6.45, 7) is 4.16. The molecule has 26 heavy (non-hydrogen) atoms. The Balaban J connectivity index is 2.08. The van der Waals surface area contributed by atoms with Crippen LogP contribution in [-0.2, 0) is 10.0 Å². The van der Waals surface area contributed by atoms with Crippen molar-refractivity contribution in [2.75, 3.05) is 22.9 Å². The summed E-state index contributed by atoms with van der Waals surface area (Å²) in [6, 6.07) is 15.6. The monoisotopic (exact) mass is 391 g/mol. The van der Waals surface area contributed by atoms with Crippen LogP contribution in [0.4, 0.5) is 11.4 Å². The molecule has 0 aromatic heterocycles. The number of nitrogens with one attached hydrogen (secondary N) is 2. The molecule has 2 N–H and O–H groups in total. The van der Waals surface area contributed by atoms with Crippen LogP contribution in [0.25, 0.3) is 0 Å². The highest BCUT2D eigenvalue weighted by Crippen LogP contribution is 2.21. The van der Waals surface area contributed by atoms with E-state index in [4.69, 9.17) is 12.2 Å². The minimum absolute atomic E-state index is 0.109. The van der Waals surface area contributed by atoms with E-state index in [2.05, 4.69) is 48.7 Å². The Labute approximate surface area is 161 Å². The second-order valence-electron chi connectivity index (χ2n) is 6.25. The van der Waals surface area contributed by atoms with Gasteiger partial charge in [0, 0.05) is 12.7 Å².